The fourth-order valence-corrected chi connectivity index (χ4v) is 2.26. The number of hydrogen-bond donors (Lipinski definition) is 0. The van der Waals surface area contributed by atoms with Crippen LogP contribution < -0.4 is 0 Å². The van der Waals surface area contributed by atoms with Gasteiger partial charge in [0.25, 0.3) is 0 Å². The molecule has 0 saturated carbocycles. The van der Waals surface area contributed by atoms with Crippen LogP contribution in [0.4, 0.5) is 13.2 Å². The van der Waals surface area contributed by atoms with E-state index in [4.69, 9.17) is 11.6 Å². The van der Waals surface area contributed by atoms with Gasteiger partial charge >= 0.3 is 6.18 Å². The number of carbonyl (C=O) groups excluding carboxylic acids is 1. The Kier molecular flexibility index (Phi) is 4.84. The molecule has 18 heavy (non-hydrogen) atoms. The second-order valence-electron chi connectivity index (χ2n) is 3.99. The number of halogens is 5. The average molecular weight is 344 g/mol. The van der Waals surface area contributed by atoms with Gasteiger partial charge in [-0.1, -0.05) is 57.9 Å². The SMILES string of the molecule is CC(=O)CC(c1ccccc1)C(Cl)(Br)C(F)(F)F. The van der Waals surface area contributed by atoms with Gasteiger partial charge in [-0.05, 0) is 12.5 Å². The topological polar surface area (TPSA) is 17.1 Å². The van der Waals surface area contributed by atoms with E-state index < -0.39 is 15.9 Å². The third-order valence-electron chi connectivity index (χ3n) is 2.51. The fourth-order valence-electron chi connectivity index (χ4n) is 1.63. The highest BCUT2D eigenvalue weighted by atomic mass is 79.9. The van der Waals surface area contributed by atoms with E-state index in [9.17, 15) is 18.0 Å². The van der Waals surface area contributed by atoms with Crippen LogP contribution in [0.15, 0.2) is 30.3 Å². The molecule has 1 aromatic rings. The molecular weight excluding hydrogens is 332 g/mol. The van der Waals surface area contributed by atoms with Gasteiger partial charge in [0.05, 0.1) is 0 Å². The monoisotopic (exact) mass is 342 g/mol. The molecule has 0 heterocycles. The highest BCUT2D eigenvalue weighted by molar-refractivity contribution is 9.10. The molecule has 2 atom stereocenters. The summed E-state index contributed by atoms with van der Waals surface area (Å²) in [5.74, 6) is -1.52. The smallest absolute Gasteiger partial charge is 0.300 e. The van der Waals surface area contributed by atoms with Crippen LogP contribution in [0, 0.1) is 0 Å². The van der Waals surface area contributed by atoms with Gasteiger partial charge in [0.15, 0.2) is 0 Å². The first kappa shape index (κ1) is 15.5. The van der Waals surface area contributed by atoms with E-state index in [1.807, 2.05) is 0 Å². The number of benzene rings is 1. The molecule has 0 aliphatic carbocycles. The summed E-state index contributed by atoms with van der Waals surface area (Å²) in [5.41, 5.74) is 0.372. The molecule has 0 aromatic heterocycles. The van der Waals surface area contributed by atoms with Crippen LogP contribution in [0.3, 0.4) is 0 Å². The van der Waals surface area contributed by atoms with E-state index in [2.05, 4.69) is 15.9 Å². The van der Waals surface area contributed by atoms with E-state index in [1.54, 1.807) is 18.2 Å². The van der Waals surface area contributed by atoms with Gasteiger partial charge in [-0.25, -0.2) is 0 Å². The molecule has 0 aliphatic heterocycles. The van der Waals surface area contributed by atoms with Crippen LogP contribution in [-0.2, 0) is 4.79 Å². The Hall–Kier alpha value is -0.550. The first-order valence-electron chi connectivity index (χ1n) is 5.15. The molecule has 0 spiro atoms. The van der Waals surface area contributed by atoms with Crippen LogP contribution in [-0.4, -0.2) is 15.7 Å². The third kappa shape index (κ3) is 3.48. The van der Waals surface area contributed by atoms with Crippen LogP contribution in [0.1, 0.15) is 24.8 Å². The Morgan fingerprint density at radius 1 is 1.33 bits per heavy atom. The van der Waals surface area contributed by atoms with E-state index in [-0.39, 0.29) is 12.2 Å². The lowest BCUT2D eigenvalue weighted by molar-refractivity contribution is -0.143. The standard InChI is InChI=1S/C12H11BrClF3O/c1-8(18)7-10(9-5-3-2-4-6-9)11(13,14)12(15,16)17/h2-6,10H,7H2,1H3. The molecular formula is C12H11BrClF3O. The van der Waals surface area contributed by atoms with Crippen LogP contribution in [0.5, 0.6) is 0 Å². The van der Waals surface area contributed by atoms with Crippen LogP contribution in [0.25, 0.3) is 0 Å². The average Bonchev–Trinajstić information content (AvgIpc) is 2.25. The van der Waals surface area contributed by atoms with Crippen molar-refractivity contribution in [2.75, 3.05) is 0 Å². The number of rotatable bonds is 4. The molecule has 0 fully saturated rings. The summed E-state index contributed by atoms with van der Waals surface area (Å²) in [6, 6.07) is 7.96. The normalized spacial score (nSPS) is 17.0. The predicted octanol–water partition coefficient (Wildman–Crippen LogP) is 4.64. The maximum absolute atomic E-state index is 12.9. The van der Waals surface area contributed by atoms with Gasteiger partial charge < -0.3 is 4.79 Å². The number of ketones is 1. The molecule has 6 heteroatoms. The molecule has 2 unspecified atom stereocenters. The molecule has 0 amide bonds. The number of hydrogen-bond acceptors (Lipinski definition) is 1. The summed E-state index contributed by atoms with van der Waals surface area (Å²) in [5, 5.41) is 0. The molecule has 0 N–H and O–H groups in total. The van der Waals surface area contributed by atoms with Crippen molar-refractivity contribution in [2.45, 2.75) is 29.2 Å². The minimum atomic E-state index is -4.66. The number of carbonyl (C=O) groups is 1. The molecule has 1 rings (SSSR count). The number of alkyl halides is 5. The Morgan fingerprint density at radius 3 is 2.22 bits per heavy atom. The van der Waals surface area contributed by atoms with E-state index >= 15 is 0 Å². The minimum absolute atomic E-state index is 0.279. The van der Waals surface area contributed by atoms with Gasteiger partial charge in [0.2, 0.25) is 3.78 Å². The van der Waals surface area contributed by atoms with Crippen molar-refractivity contribution >= 4 is 33.3 Å². The highest BCUT2D eigenvalue weighted by Crippen LogP contribution is 2.52. The molecule has 100 valence electrons. The third-order valence-corrected chi connectivity index (χ3v) is 3.99. The van der Waals surface area contributed by atoms with Gasteiger partial charge in [0, 0.05) is 12.3 Å². The first-order chi connectivity index (χ1) is 8.16. The van der Waals surface area contributed by atoms with Crippen molar-refractivity contribution in [1.82, 2.24) is 0 Å². The lowest BCUT2D eigenvalue weighted by Crippen LogP contribution is -2.40. The highest BCUT2D eigenvalue weighted by Gasteiger charge is 2.57. The zero-order chi connectivity index (χ0) is 14.0. The van der Waals surface area contributed by atoms with Gasteiger partial charge in [-0.15, -0.1) is 0 Å². The van der Waals surface area contributed by atoms with Gasteiger partial charge in [-0.3, -0.25) is 0 Å². The molecule has 1 aromatic carbocycles. The van der Waals surface area contributed by atoms with Crippen LogP contribution in [0.2, 0.25) is 0 Å². The summed E-state index contributed by atoms with van der Waals surface area (Å²) >= 11 is 8.12. The number of Topliss-reactive ketones (excluding diaryl/α,β-unsaturated/α-hetero) is 1. The zero-order valence-corrected chi connectivity index (χ0v) is 11.8. The van der Waals surface area contributed by atoms with Crippen molar-refractivity contribution < 1.29 is 18.0 Å². The molecule has 0 saturated heterocycles. The lowest BCUT2D eigenvalue weighted by atomic mass is 9.90. The molecule has 0 radical (unpaired) electrons. The maximum atomic E-state index is 12.9. The lowest BCUT2D eigenvalue weighted by Gasteiger charge is -2.32. The van der Waals surface area contributed by atoms with Gasteiger partial charge in [-0.2, -0.15) is 13.2 Å². The van der Waals surface area contributed by atoms with E-state index in [0.29, 0.717) is 5.56 Å². The summed E-state index contributed by atoms with van der Waals surface area (Å²) in [4.78, 5) is 11.2. The molecule has 0 bridgehead atoms. The predicted molar refractivity (Wildman–Crippen MR) is 68.0 cm³/mol. The fraction of sp³-hybridized carbons (Fsp3) is 0.417. The second kappa shape index (κ2) is 5.61. The molecule has 1 nitrogen and oxygen atoms in total. The summed E-state index contributed by atoms with van der Waals surface area (Å²) in [6.45, 7) is 1.24. The van der Waals surface area contributed by atoms with Crippen molar-refractivity contribution in [1.29, 1.82) is 0 Å². The van der Waals surface area contributed by atoms with Crippen molar-refractivity contribution in [2.24, 2.45) is 0 Å². The second-order valence-corrected chi connectivity index (χ2v) is 6.29. The zero-order valence-electron chi connectivity index (χ0n) is 9.47. The Bertz CT molecular complexity index is 417. The maximum Gasteiger partial charge on any atom is 0.418 e. The van der Waals surface area contributed by atoms with E-state index in [0.717, 1.165) is 0 Å². The minimum Gasteiger partial charge on any atom is -0.300 e. The first-order valence-corrected chi connectivity index (χ1v) is 6.32. The summed E-state index contributed by atoms with van der Waals surface area (Å²) in [7, 11) is 0. The van der Waals surface area contributed by atoms with E-state index in [1.165, 1.54) is 19.1 Å². The van der Waals surface area contributed by atoms with Crippen LogP contribution >= 0.6 is 27.5 Å². The van der Waals surface area contributed by atoms with Crippen molar-refractivity contribution in [3.63, 3.8) is 0 Å². The Balaban J connectivity index is 3.18. The summed E-state index contributed by atoms with van der Waals surface area (Å²) < 4.78 is 36.1. The Morgan fingerprint density at radius 2 is 1.83 bits per heavy atom. The Labute approximate surface area is 116 Å². The summed E-state index contributed by atoms with van der Waals surface area (Å²) in [6.07, 6.45) is -4.94. The largest absolute Gasteiger partial charge is 0.418 e. The van der Waals surface area contributed by atoms with Crippen molar-refractivity contribution in [3.05, 3.63) is 35.9 Å². The quantitative estimate of drug-likeness (QED) is 0.728. The van der Waals surface area contributed by atoms with Gasteiger partial charge in [0.1, 0.15) is 5.78 Å². The molecule has 0 aliphatic rings. The van der Waals surface area contributed by atoms with Crippen molar-refractivity contribution in [3.8, 4) is 0 Å².